The number of hydrogen-bond donors (Lipinski definition) is 2. The van der Waals surface area contributed by atoms with Crippen LogP contribution in [0.5, 0.6) is 0 Å². The first kappa shape index (κ1) is 15.4. The van der Waals surface area contributed by atoms with E-state index in [1.54, 1.807) is 36.5 Å². The van der Waals surface area contributed by atoms with Gasteiger partial charge in [0.2, 0.25) is 0 Å². The molecule has 2 aromatic carbocycles. The van der Waals surface area contributed by atoms with Crippen molar-refractivity contribution in [3.05, 3.63) is 64.9 Å². The number of rotatable bonds is 4. The number of fused-ring (bicyclic) bond motifs is 1. The SMILES string of the molecule is CC(NC(=O)NCc1nc2ccccc2s1)c1ccccc1F. The number of nitrogens with zero attached hydrogens (tertiary/aromatic N) is 1. The van der Waals surface area contributed by atoms with Crippen molar-refractivity contribution in [2.24, 2.45) is 0 Å². The summed E-state index contributed by atoms with van der Waals surface area (Å²) in [5, 5.41) is 6.32. The summed E-state index contributed by atoms with van der Waals surface area (Å²) >= 11 is 1.54. The summed E-state index contributed by atoms with van der Waals surface area (Å²) in [5.74, 6) is -0.327. The highest BCUT2D eigenvalue weighted by atomic mass is 32.1. The lowest BCUT2D eigenvalue weighted by atomic mass is 10.1. The Hall–Kier alpha value is -2.47. The molecule has 23 heavy (non-hydrogen) atoms. The summed E-state index contributed by atoms with van der Waals surface area (Å²) in [6.45, 7) is 2.09. The number of para-hydroxylation sites is 1. The van der Waals surface area contributed by atoms with Crippen LogP contribution in [0.25, 0.3) is 10.2 Å². The number of carbonyl (C=O) groups is 1. The van der Waals surface area contributed by atoms with E-state index in [0.717, 1.165) is 15.2 Å². The average Bonchev–Trinajstić information content (AvgIpc) is 2.96. The van der Waals surface area contributed by atoms with Crippen molar-refractivity contribution in [2.45, 2.75) is 19.5 Å². The minimum Gasteiger partial charge on any atom is -0.332 e. The number of benzene rings is 2. The normalized spacial score (nSPS) is 12.1. The number of aromatic nitrogens is 1. The molecule has 2 amide bonds. The predicted octanol–water partition coefficient (Wildman–Crippen LogP) is 4.00. The van der Waals surface area contributed by atoms with Gasteiger partial charge in [0.05, 0.1) is 22.8 Å². The van der Waals surface area contributed by atoms with Gasteiger partial charge in [-0.3, -0.25) is 0 Å². The monoisotopic (exact) mass is 329 g/mol. The smallest absolute Gasteiger partial charge is 0.315 e. The maximum Gasteiger partial charge on any atom is 0.315 e. The van der Waals surface area contributed by atoms with E-state index in [-0.39, 0.29) is 11.8 Å². The lowest BCUT2D eigenvalue weighted by molar-refractivity contribution is 0.237. The van der Waals surface area contributed by atoms with Gasteiger partial charge in [0, 0.05) is 5.56 Å². The second-order valence-corrected chi connectivity index (χ2v) is 6.26. The number of amides is 2. The first-order chi connectivity index (χ1) is 11.1. The van der Waals surface area contributed by atoms with Crippen LogP contribution in [0.1, 0.15) is 23.5 Å². The lowest BCUT2D eigenvalue weighted by Crippen LogP contribution is -2.36. The van der Waals surface area contributed by atoms with Gasteiger partial charge in [-0.1, -0.05) is 30.3 Å². The second-order valence-electron chi connectivity index (χ2n) is 5.15. The molecule has 3 rings (SSSR count). The van der Waals surface area contributed by atoms with Gasteiger partial charge in [0.15, 0.2) is 0 Å². The molecule has 2 N–H and O–H groups in total. The molecule has 0 radical (unpaired) electrons. The molecule has 1 aromatic heterocycles. The van der Waals surface area contributed by atoms with Crippen molar-refractivity contribution in [3.63, 3.8) is 0 Å². The molecule has 6 heteroatoms. The quantitative estimate of drug-likeness (QED) is 0.760. The van der Waals surface area contributed by atoms with E-state index in [1.807, 2.05) is 24.3 Å². The molecule has 0 spiro atoms. The average molecular weight is 329 g/mol. The molecule has 1 atom stereocenters. The van der Waals surface area contributed by atoms with Crippen molar-refractivity contribution in [1.82, 2.24) is 15.6 Å². The Morgan fingerprint density at radius 3 is 2.74 bits per heavy atom. The molecule has 118 valence electrons. The number of urea groups is 1. The van der Waals surface area contributed by atoms with Crippen LogP contribution in [0.2, 0.25) is 0 Å². The van der Waals surface area contributed by atoms with Crippen LogP contribution in [0, 0.1) is 5.82 Å². The van der Waals surface area contributed by atoms with Crippen molar-refractivity contribution >= 4 is 27.6 Å². The first-order valence-electron chi connectivity index (χ1n) is 7.27. The molecule has 1 unspecified atom stereocenters. The second kappa shape index (κ2) is 6.75. The van der Waals surface area contributed by atoms with E-state index in [2.05, 4.69) is 15.6 Å². The Kier molecular flexibility index (Phi) is 4.52. The minimum absolute atomic E-state index is 0.327. The third kappa shape index (κ3) is 3.65. The van der Waals surface area contributed by atoms with Crippen LogP contribution in [-0.4, -0.2) is 11.0 Å². The number of thiazole rings is 1. The predicted molar refractivity (Wildman–Crippen MR) is 89.8 cm³/mol. The van der Waals surface area contributed by atoms with Crippen LogP contribution >= 0.6 is 11.3 Å². The molecule has 0 saturated heterocycles. The van der Waals surface area contributed by atoms with E-state index in [9.17, 15) is 9.18 Å². The van der Waals surface area contributed by atoms with Crippen LogP contribution in [0.15, 0.2) is 48.5 Å². The van der Waals surface area contributed by atoms with Gasteiger partial charge in [-0.15, -0.1) is 11.3 Å². The Morgan fingerprint density at radius 1 is 1.22 bits per heavy atom. The highest BCUT2D eigenvalue weighted by Gasteiger charge is 2.13. The van der Waals surface area contributed by atoms with Gasteiger partial charge in [-0.05, 0) is 25.1 Å². The number of hydrogen-bond acceptors (Lipinski definition) is 3. The molecule has 0 bridgehead atoms. The van der Waals surface area contributed by atoms with Gasteiger partial charge in [0.1, 0.15) is 10.8 Å². The molecule has 3 aromatic rings. The van der Waals surface area contributed by atoms with Crippen molar-refractivity contribution < 1.29 is 9.18 Å². The zero-order valence-electron chi connectivity index (χ0n) is 12.5. The molecule has 0 fully saturated rings. The number of halogens is 1. The highest BCUT2D eigenvalue weighted by Crippen LogP contribution is 2.21. The van der Waals surface area contributed by atoms with Crippen molar-refractivity contribution in [1.29, 1.82) is 0 Å². The third-order valence-corrected chi connectivity index (χ3v) is 4.49. The Labute approximate surface area is 137 Å². The Balaban J connectivity index is 1.58. The third-order valence-electron chi connectivity index (χ3n) is 3.46. The summed E-state index contributed by atoms with van der Waals surface area (Å²) < 4.78 is 14.8. The summed E-state index contributed by atoms with van der Waals surface area (Å²) in [7, 11) is 0. The molecule has 0 aliphatic carbocycles. The van der Waals surface area contributed by atoms with Crippen LogP contribution in [0.3, 0.4) is 0 Å². The minimum atomic E-state index is -0.411. The maximum absolute atomic E-state index is 13.7. The van der Waals surface area contributed by atoms with Crippen molar-refractivity contribution in [3.8, 4) is 0 Å². The molecular weight excluding hydrogens is 313 g/mol. The molecule has 0 aliphatic rings. The topological polar surface area (TPSA) is 54.0 Å². The van der Waals surface area contributed by atoms with Gasteiger partial charge < -0.3 is 10.6 Å². The molecule has 0 saturated carbocycles. The summed E-state index contributed by atoms with van der Waals surface area (Å²) in [6, 6.07) is 13.5. The molecule has 1 heterocycles. The summed E-state index contributed by atoms with van der Waals surface area (Å²) in [4.78, 5) is 16.4. The van der Waals surface area contributed by atoms with E-state index in [0.29, 0.717) is 12.1 Å². The van der Waals surface area contributed by atoms with E-state index in [4.69, 9.17) is 0 Å². The van der Waals surface area contributed by atoms with Crippen molar-refractivity contribution in [2.75, 3.05) is 0 Å². The molecule has 4 nitrogen and oxygen atoms in total. The largest absolute Gasteiger partial charge is 0.332 e. The summed E-state index contributed by atoms with van der Waals surface area (Å²) in [6.07, 6.45) is 0. The Bertz CT molecular complexity index is 800. The fraction of sp³-hybridized carbons (Fsp3) is 0.176. The van der Waals surface area contributed by atoms with Crippen LogP contribution < -0.4 is 10.6 Å². The van der Waals surface area contributed by atoms with Gasteiger partial charge in [-0.2, -0.15) is 0 Å². The fourth-order valence-corrected chi connectivity index (χ4v) is 3.21. The van der Waals surface area contributed by atoms with Crippen LogP contribution in [-0.2, 0) is 6.54 Å². The van der Waals surface area contributed by atoms with E-state index < -0.39 is 6.04 Å². The lowest BCUT2D eigenvalue weighted by Gasteiger charge is -2.15. The van der Waals surface area contributed by atoms with Gasteiger partial charge in [0.25, 0.3) is 0 Å². The number of nitrogens with one attached hydrogen (secondary N) is 2. The Morgan fingerprint density at radius 2 is 1.96 bits per heavy atom. The van der Waals surface area contributed by atoms with Gasteiger partial charge >= 0.3 is 6.03 Å². The molecule has 0 aliphatic heterocycles. The fourth-order valence-electron chi connectivity index (χ4n) is 2.30. The zero-order valence-corrected chi connectivity index (χ0v) is 13.4. The van der Waals surface area contributed by atoms with E-state index >= 15 is 0 Å². The molecular formula is C17H16FN3OS. The zero-order chi connectivity index (χ0) is 16.2. The van der Waals surface area contributed by atoms with Crippen LogP contribution in [0.4, 0.5) is 9.18 Å². The van der Waals surface area contributed by atoms with E-state index in [1.165, 1.54) is 6.07 Å². The first-order valence-corrected chi connectivity index (χ1v) is 8.08. The standard InChI is InChI=1S/C17H16FN3OS/c1-11(12-6-2-3-7-13(12)18)20-17(22)19-10-16-21-14-8-4-5-9-15(14)23-16/h2-9,11H,10H2,1H3,(H2,19,20,22). The summed E-state index contributed by atoms with van der Waals surface area (Å²) in [5.41, 5.74) is 1.39. The van der Waals surface area contributed by atoms with Gasteiger partial charge in [-0.25, -0.2) is 14.2 Å². The highest BCUT2D eigenvalue weighted by molar-refractivity contribution is 7.18. The number of carbonyl (C=O) groups excluding carboxylic acids is 1. The maximum atomic E-state index is 13.7.